The van der Waals surface area contributed by atoms with Gasteiger partial charge in [-0.15, -0.1) is 0 Å². The minimum absolute atomic E-state index is 0.105. The van der Waals surface area contributed by atoms with Crippen molar-refractivity contribution in [1.29, 1.82) is 0 Å². The molecule has 7 aromatic rings. The third-order valence-electron chi connectivity index (χ3n) is 6.96. The SMILES string of the molecule is CC(c1c(F)cc2ncc(-c3cnn(C)c3)cc2c1F)n1cnc2ncc(-c3cnc4ccccc4c3)nc21. The van der Waals surface area contributed by atoms with Crippen molar-refractivity contribution < 1.29 is 8.78 Å². The summed E-state index contributed by atoms with van der Waals surface area (Å²) in [6.07, 6.45) is 9.94. The van der Waals surface area contributed by atoms with Gasteiger partial charge in [-0.05, 0) is 25.1 Å². The Labute approximate surface area is 220 Å². The lowest BCUT2D eigenvalue weighted by molar-refractivity contribution is 0.517. The largest absolute Gasteiger partial charge is 0.306 e. The highest BCUT2D eigenvalue weighted by molar-refractivity contribution is 5.85. The van der Waals surface area contributed by atoms with E-state index in [1.54, 1.807) is 54.1 Å². The van der Waals surface area contributed by atoms with Crippen LogP contribution in [0.5, 0.6) is 0 Å². The van der Waals surface area contributed by atoms with Crippen molar-refractivity contribution in [3.05, 3.63) is 97.0 Å². The average molecular weight is 519 g/mol. The van der Waals surface area contributed by atoms with Crippen molar-refractivity contribution in [1.82, 2.24) is 39.3 Å². The van der Waals surface area contributed by atoms with Crippen molar-refractivity contribution in [3.63, 3.8) is 0 Å². The van der Waals surface area contributed by atoms with Crippen LogP contribution in [0.2, 0.25) is 0 Å². The predicted molar refractivity (Wildman–Crippen MR) is 144 cm³/mol. The molecule has 0 saturated heterocycles. The second-order valence-electron chi connectivity index (χ2n) is 9.43. The molecule has 0 radical (unpaired) electrons. The molecular weight excluding hydrogens is 498 g/mol. The van der Waals surface area contributed by atoms with Crippen LogP contribution in [-0.4, -0.2) is 39.3 Å². The van der Waals surface area contributed by atoms with Gasteiger partial charge in [0.05, 0.1) is 41.5 Å². The van der Waals surface area contributed by atoms with Gasteiger partial charge in [0.15, 0.2) is 11.3 Å². The molecule has 10 heteroatoms. The molecule has 39 heavy (non-hydrogen) atoms. The van der Waals surface area contributed by atoms with Crippen LogP contribution in [0.4, 0.5) is 8.78 Å². The van der Waals surface area contributed by atoms with E-state index in [9.17, 15) is 0 Å². The van der Waals surface area contributed by atoms with Gasteiger partial charge in [0.1, 0.15) is 11.6 Å². The fourth-order valence-electron chi connectivity index (χ4n) is 4.91. The Morgan fingerprint density at radius 2 is 1.64 bits per heavy atom. The van der Waals surface area contributed by atoms with Crippen molar-refractivity contribution in [2.24, 2.45) is 7.05 Å². The third kappa shape index (κ3) is 3.80. The summed E-state index contributed by atoms with van der Waals surface area (Å²) in [6.45, 7) is 1.71. The third-order valence-corrected chi connectivity index (χ3v) is 6.96. The molecule has 0 fully saturated rings. The predicted octanol–water partition coefficient (Wildman–Crippen LogP) is 5.88. The second kappa shape index (κ2) is 8.73. The summed E-state index contributed by atoms with van der Waals surface area (Å²) in [7, 11) is 1.80. The van der Waals surface area contributed by atoms with Crippen molar-refractivity contribution in [3.8, 4) is 22.4 Å². The number of halogens is 2. The van der Waals surface area contributed by atoms with E-state index < -0.39 is 17.7 Å². The molecule has 0 aliphatic heterocycles. The van der Waals surface area contributed by atoms with Crippen LogP contribution < -0.4 is 0 Å². The topological polar surface area (TPSA) is 87.2 Å². The number of imidazole rings is 1. The Morgan fingerprint density at radius 3 is 2.49 bits per heavy atom. The van der Waals surface area contributed by atoms with Gasteiger partial charge in [-0.1, -0.05) is 18.2 Å². The van der Waals surface area contributed by atoms with Crippen LogP contribution >= 0.6 is 0 Å². The monoisotopic (exact) mass is 518 g/mol. The lowest BCUT2D eigenvalue weighted by Crippen LogP contribution is -2.11. The van der Waals surface area contributed by atoms with Crippen molar-refractivity contribution in [2.75, 3.05) is 0 Å². The molecule has 1 unspecified atom stereocenters. The first-order valence-corrected chi connectivity index (χ1v) is 12.3. The van der Waals surface area contributed by atoms with Crippen LogP contribution in [0.25, 0.3) is 55.5 Å². The fourth-order valence-corrected chi connectivity index (χ4v) is 4.91. The highest BCUT2D eigenvalue weighted by atomic mass is 19.1. The number of para-hydroxylation sites is 1. The first-order chi connectivity index (χ1) is 19.0. The Morgan fingerprint density at radius 1 is 0.821 bits per heavy atom. The summed E-state index contributed by atoms with van der Waals surface area (Å²) in [5, 5.41) is 5.36. The van der Waals surface area contributed by atoms with E-state index in [1.807, 2.05) is 36.5 Å². The number of benzene rings is 2. The Balaban J connectivity index is 1.33. The maximum absolute atomic E-state index is 16.0. The summed E-state index contributed by atoms with van der Waals surface area (Å²) in [4.78, 5) is 22.4. The number of hydrogen-bond acceptors (Lipinski definition) is 6. The van der Waals surface area contributed by atoms with Gasteiger partial charge in [-0.2, -0.15) is 5.10 Å². The molecule has 7 rings (SSSR count). The first kappa shape index (κ1) is 23.0. The van der Waals surface area contributed by atoms with E-state index in [4.69, 9.17) is 4.98 Å². The van der Waals surface area contributed by atoms with Crippen LogP contribution in [0.15, 0.2) is 79.8 Å². The van der Waals surface area contributed by atoms with E-state index >= 15 is 8.78 Å². The van der Waals surface area contributed by atoms with Crippen LogP contribution in [-0.2, 0) is 7.05 Å². The number of hydrogen-bond donors (Lipinski definition) is 0. The van der Waals surface area contributed by atoms with Gasteiger partial charge in [-0.25, -0.2) is 23.7 Å². The van der Waals surface area contributed by atoms with Gasteiger partial charge in [-0.3, -0.25) is 14.6 Å². The lowest BCUT2D eigenvalue weighted by atomic mass is 10.0. The van der Waals surface area contributed by atoms with E-state index in [0.29, 0.717) is 22.6 Å². The van der Waals surface area contributed by atoms with Gasteiger partial charge < -0.3 is 4.57 Å². The number of aryl methyl sites for hydroxylation is 1. The fraction of sp³-hybridized carbons (Fsp3) is 0.103. The molecule has 0 aliphatic carbocycles. The number of rotatable bonds is 4. The van der Waals surface area contributed by atoms with E-state index in [1.165, 1.54) is 12.4 Å². The molecule has 5 heterocycles. The molecule has 0 bridgehead atoms. The van der Waals surface area contributed by atoms with Crippen LogP contribution in [0.3, 0.4) is 0 Å². The quantitative estimate of drug-likeness (QED) is 0.289. The van der Waals surface area contributed by atoms with Gasteiger partial charge >= 0.3 is 0 Å². The number of pyridine rings is 2. The summed E-state index contributed by atoms with van der Waals surface area (Å²) >= 11 is 0. The smallest absolute Gasteiger partial charge is 0.197 e. The molecule has 5 aromatic heterocycles. The molecular formula is C29H20F2N8. The maximum atomic E-state index is 16.0. The number of aromatic nitrogens is 8. The Bertz CT molecular complexity index is 2050. The summed E-state index contributed by atoms with van der Waals surface area (Å²) < 4.78 is 34.6. The zero-order chi connectivity index (χ0) is 26.7. The summed E-state index contributed by atoms with van der Waals surface area (Å²) in [5.41, 5.74) is 4.62. The van der Waals surface area contributed by atoms with E-state index in [2.05, 4.69) is 25.0 Å². The molecule has 0 saturated carbocycles. The minimum atomic E-state index is -0.763. The molecule has 190 valence electrons. The summed E-state index contributed by atoms with van der Waals surface area (Å²) in [6, 6.07) is 11.9. The minimum Gasteiger partial charge on any atom is -0.306 e. The zero-order valence-electron chi connectivity index (χ0n) is 20.9. The molecule has 0 amide bonds. The normalized spacial score (nSPS) is 12.5. The van der Waals surface area contributed by atoms with Gasteiger partial charge in [0.2, 0.25) is 0 Å². The highest BCUT2D eigenvalue weighted by Crippen LogP contribution is 2.33. The van der Waals surface area contributed by atoms with Gasteiger partial charge in [0.25, 0.3) is 0 Å². The first-order valence-electron chi connectivity index (χ1n) is 12.3. The number of nitrogens with zero attached hydrogens (tertiary/aromatic N) is 8. The zero-order valence-corrected chi connectivity index (χ0v) is 20.9. The summed E-state index contributed by atoms with van der Waals surface area (Å²) in [5.74, 6) is -1.38. The lowest BCUT2D eigenvalue weighted by Gasteiger charge is -2.17. The second-order valence-corrected chi connectivity index (χ2v) is 9.43. The van der Waals surface area contributed by atoms with Crippen LogP contribution in [0, 0.1) is 11.6 Å². The number of fused-ring (bicyclic) bond motifs is 3. The molecule has 2 aromatic carbocycles. The molecule has 8 nitrogen and oxygen atoms in total. The maximum Gasteiger partial charge on any atom is 0.197 e. The van der Waals surface area contributed by atoms with Crippen molar-refractivity contribution in [2.45, 2.75) is 13.0 Å². The molecule has 0 N–H and O–H groups in total. The highest BCUT2D eigenvalue weighted by Gasteiger charge is 2.24. The van der Waals surface area contributed by atoms with Crippen molar-refractivity contribution >= 4 is 33.1 Å². The Kier molecular flexibility index (Phi) is 5.15. The van der Waals surface area contributed by atoms with Crippen LogP contribution in [0.1, 0.15) is 18.5 Å². The molecule has 0 aliphatic rings. The van der Waals surface area contributed by atoms with E-state index in [0.717, 1.165) is 22.0 Å². The average Bonchev–Trinajstić information content (AvgIpc) is 3.58. The standard InChI is InChI=1S/C29H20F2N8/c1-16(26-22(30)9-24-21(27(26)31)8-18(10-33-24)20-12-36-38(2)14-20)39-15-35-28-29(39)37-25(13-34-28)19-7-17-5-3-4-6-23(17)32-11-19/h3-16H,1-2H3. The molecule has 1 atom stereocenters. The van der Waals surface area contributed by atoms with Gasteiger partial charge in [0, 0.05) is 64.7 Å². The Hall–Kier alpha value is -5.12. The van der Waals surface area contributed by atoms with E-state index in [-0.39, 0.29) is 16.5 Å². The molecule has 0 spiro atoms.